The predicted octanol–water partition coefficient (Wildman–Crippen LogP) is 6.11. The predicted molar refractivity (Wildman–Crippen MR) is 270 cm³/mol. The van der Waals surface area contributed by atoms with Crippen LogP contribution in [0.15, 0.2) is 77.1 Å². The number of rotatable bonds is 19. The number of aliphatic imine (C=N–C) groups is 1. The minimum atomic E-state index is -1.70. The molecule has 6 amide bonds. The van der Waals surface area contributed by atoms with Crippen molar-refractivity contribution in [2.45, 2.75) is 123 Å². The third kappa shape index (κ3) is 12.1. The minimum absolute atomic E-state index is 0.0680. The number of unbranched alkanes of at least 4 members (excludes halogenated alkanes) is 2. The standard InChI is InChI=1S/C53H65N7O13/c1-29(2)45(57-51(66)53(6,7)68)47(62)55-32(5)46(61)56-34-15-13-33(14-16-34)28-73-52(67)60-39-24-44(42(70-9)22-37(39)49(64)59-27-31(4)20-40(59)50(60)65)72-18-12-10-11-17-71-43-23-38-36(21-41(43)69-8)48(63)58-26-30(3)19-35(58)25-54-38/h13-16,21-27,29,32,35,40,45,50,65,68H,10-12,17-20,28H2,1-9H3,(H,55,62)(H,56,61)(H,57,66)/t32-,35-,40-,45-,50-/m0/s1. The highest BCUT2D eigenvalue weighted by molar-refractivity contribution is 6.07. The summed E-state index contributed by atoms with van der Waals surface area (Å²) >= 11 is 0. The SMILES string of the molecule is COc1cc2c(cc1OCCCCCOc1cc3c(cc1OC)C(=O)N1C=C(C)C[C@H]1[C@H](O)N3C(=O)OCc1ccc(NC(=O)[C@H](C)NC(=O)[C@@H](NC(=O)C(C)(C)O)C(C)C)cc1)N=C[C@@H]1CC(C)=CN1C2=O. The van der Waals surface area contributed by atoms with Gasteiger partial charge in [0.2, 0.25) is 11.8 Å². The molecule has 0 bridgehead atoms. The van der Waals surface area contributed by atoms with Crippen molar-refractivity contribution in [3.05, 3.63) is 88.8 Å². The van der Waals surface area contributed by atoms with E-state index in [1.54, 1.807) is 67.6 Å². The molecular formula is C53H65N7O13. The fourth-order valence-corrected chi connectivity index (χ4v) is 8.79. The number of carbonyl (C=O) groups is 6. The van der Waals surface area contributed by atoms with Crippen LogP contribution in [-0.2, 0) is 25.7 Å². The molecule has 20 heteroatoms. The fourth-order valence-electron chi connectivity index (χ4n) is 8.79. The number of carbonyl (C=O) groups excluding carboxylic acids is 6. The normalized spacial score (nSPS) is 18.7. The van der Waals surface area contributed by atoms with Crippen molar-refractivity contribution in [2.75, 3.05) is 37.7 Å². The molecule has 390 valence electrons. The van der Waals surface area contributed by atoms with Crippen LogP contribution in [0.2, 0.25) is 0 Å². The van der Waals surface area contributed by atoms with Crippen molar-refractivity contribution in [1.29, 1.82) is 0 Å². The zero-order valence-electron chi connectivity index (χ0n) is 42.6. The summed E-state index contributed by atoms with van der Waals surface area (Å²) < 4.78 is 29.3. The monoisotopic (exact) mass is 1010 g/mol. The molecule has 0 radical (unpaired) electrons. The van der Waals surface area contributed by atoms with E-state index in [4.69, 9.17) is 23.7 Å². The number of hydrogen-bond acceptors (Lipinski definition) is 14. The lowest BCUT2D eigenvalue weighted by Gasteiger charge is -2.31. The van der Waals surface area contributed by atoms with E-state index < -0.39 is 59.7 Å². The van der Waals surface area contributed by atoms with Crippen LogP contribution < -0.4 is 39.8 Å². The summed E-state index contributed by atoms with van der Waals surface area (Å²) in [5.74, 6) is -1.40. The van der Waals surface area contributed by atoms with Gasteiger partial charge in [-0.05, 0) is 102 Å². The van der Waals surface area contributed by atoms with Crippen LogP contribution in [0.1, 0.15) is 107 Å². The molecule has 7 rings (SSSR count). The Kier molecular flexibility index (Phi) is 16.5. The summed E-state index contributed by atoms with van der Waals surface area (Å²) in [6.45, 7) is 11.7. The van der Waals surface area contributed by atoms with Crippen LogP contribution in [-0.4, -0.2) is 125 Å². The number of aliphatic hydroxyl groups is 2. The van der Waals surface area contributed by atoms with E-state index in [2.05, 4.69) is 20.9 Å². The average Bonchev–Trinajstić information content (AvgIpc) is 3.89. The van der Waals surface area contributed by atoms with Gasteiger partial charge in [0.15, 0.2) is 29.2 Å². The summed E-state index contributed by atoms with van der Waals surface area (Å²) in [7, 11) is 2.96. The number of aliphatic hydroxyl groups excluding tert-OH is 1. The molecule has 4 heterocycles. The van der Waals surface area contributed by atoms with E-state index in [9.17, 15) is 39.0 Å². The lowest BCUT2D eigenvalue weighted by molar-refractivity contribution is -0.140. The summed E-state index contributed by atoms with van der Waals surface area (Å²) in [5, 5.41) is 29.8. The van der Waals surface area contributed by atoms with E-state index in [-0.39, 0.29) is 53.8 Å². The highest BCUT2D eigenvalue weighted by Gasteiger charge is 2.45. The van der Waals surface area contributed by atoms with Crippen LogP contribution in [0.25, 0.3) is 0 Å². The van der Waals surface area contributed by atoms with Gasteiger partial charge in [-0.25, -0.2) is 9.69 Å². The average molecular weight is 1010 g/mol. The van der Waals surface area contributed by atoms with Gasteiger partial charge < -0.3 is 59.6 Å². The van der Waals surface area contributed by atoms with Gasteiger partial charge in [-0.3, -0.25) is 29.0 Å². The van der Waals surface area contributed by atoms with Gasteiger partial charge in [0.1, 0.15) is 24.3 Å². The Morgan fingerprint density at radius 2 is 1.38 bits per heavy atom. The molecule has 0 spiro atoms. The van der Waals surface area contributed by atoms with Crippen LogP contribution in [0.5, 0.6) is 23.0 Å². The van der Waals surface area contributed by atoms with Crippen molar-refractivity contribution in [1.82, 2.24) is 20.4 Å². The van der Waals surface area contributed by atoms with Crippen LogP contribution >= 0.6 is 0 Å². The second-order valence-electron chi connectivity index (χ2n) is 19.5. The molecule has 0 aromatic heterocycles. The zero-order valence-corrected chi connectivity index (χ0v) is 42.6. The van der Waals surface area contributed by atoms with E-state index >= 15 is 0 Å². The maximum absolute atomic E-state index is 14.1. The molecule has 5 atom stereocenters. The summed E-state index contributed by atoms with van der Waals surface area (Å²) in [5.41, 5.74) is 2.27. The van der Waals surface area contributed by atoms with E-state index in [0.717, 1.165) is 22.5 Å². The van der Waals surface area contributed by atoms with Crippen molar-refractivity contribution >= 4 is 58.9 Å². The number of hydrogen-bond donors (Lipinski definition) is 5. The van der Waals surface area contributed by atoms with Crippen molar-refractivity contribution in [3.8, 4) is 23.0 Å². The first-order valence-electron chi connectivity index (χ1n) is 24.3. The quantitative estimate of drug-likeness (QED) is 0.0852. The van der Waals surface area contributed by atoms with Gasteiger partial charge in [0.05, 0.1) is 62.0 Å². The molecule has 3 aromatic rings. The molecule has 0 aliphatic carbocycles. The molecule has 73 heavy (non-hydrogen) atoms. The van der Waals surface area contributed by atoms with Crippen molar-refractivity contribution < 1.29 is 62.7 Å². The molecule has 0 saturated carbocycles. The molecule has 0 saturated heterocycles. The van der Waals surface area contributed by atoms with Gasteiger partial charge >= 0.3 is 6.09 Å². The largest absolute Gasteiger partial charge is 0.493 e. The molecule has 0 fully saturated rings. The lowest BCUT2D eigenvalue weighted by Crippen LogP contribution is -2.56. The van der Waals surface area contributed by atoms with Crippen LogP contribution in [0.3, 0.4) is 0 Å². The van der Waals surface area contributed by atoms with Gasteiger partial charge in [0, 0.05) is 36.4 Å². The summed E-state index contributed by atoms with van der Waals surface area (Å²) in [4.78, 5) is 88.8. The Hall–Kier alpha value is -7.45. The van der Waals surface area contributed by atoms with Gasteiger partial charge in [-0.15, -0.1) is 0 Å². The fraction of sp³-hybridized carbons (Fsp3) is 0.453. The Bertz CT molecular complexity index is 2710. The van der Waals surface area contributed by atoms with Gasteiger partial charge in [0.25, 0.3) is 17.7 Å². The maximum Gasteiger partial charge on any atom is 0.416 e. The Balaban J connectivity index is 0.961. The number of nitrogens with one attached hydrogen (secondary N) is 3. The molecular weight excluding hydrogens is 943 g/mol. The number of benzene rings is 3. The first-order chi connectivity index (χ1) is 34.7. The smallest absolute Gasteiger partial charge is 0.416 e. The van der Waals surface area contributed by atoms with Gasteiger partial charge in [-0.1, -0.05) is 37.1 Å². The molecule has 4 aliphatic heterocycles. The zero-order chi connectivity index (χ0) is 52.9. The molecule has 3 aromatic carbocycles. The third-order valence-corrected chi connectivity index (χ3v) is 12.9. The van der Waals surface area contributed by atoms with Crippen LogP contribution in [0, 0.1) is 5.92 Å². The Labute approximate surface area is 424 Å². The number of anilines is 2. The number of amides is 6. The minimum Gasteiger partial charge on any atom is -0.493 e. The van der Waals surface area contributed by atoms with Crippen molar-refractivity contribution in [2.24, 2.45) is 10.9 Å². The lowest BCUT2D eigenvalue weighted by atomic mass is 10.0. The first-order valence-corrected chi connectivity index (χ1v) is 24.3. The molecule has 4 aliphatic rings. The molecule has 20 nitrogen and oxygen atoms in total. The van der Waals surface area contributed by atoms with E-state index in [1.807, 2.05) is 20.0 Å². The highest BCUT2D eigenvalue weighted by atomic mass is 16.6. The Morgan fingerprint density at radius 3 is 2.01 bits per heavy atom. The number of methoxy groups -OCH3 is 2. The summed E-state index contributed by atoms with van der Waals surface area (Å²) in [6.07, 6.45) is 5.87. The Morgan fingerprint density at radius 1 is 0.781 bits per heavy atom. The van der Waals surface area contributed by atoms with E-state index in [1.165, 1.54) is 52.0 Å². The van der Waals surface area contributed by atoms with E-state index in [0.29, 0.717) is 66.3 Å². The summed E-state index contributed by atoms with van der Waals surface area (Å²) in [6, 6.07) is 9.89. The number of fused-ring (bicyclic) bond motifs is 4. The second-order valence-corrected chi connectivity index (χ2v) is 19.5. The maximum atomic E-state index is 14.1. The first kappa shape index (κ1) is 53.4. The molecule has 0 unspecified atom stereocenters. The van der Waals surface area contributed by atoms with Gasteiger partial charge in [-0.2, -0.15) is 0 Å². The second kappa shape index (κ2) is 22.5. The molecule has 5 N–H and O–H groups in total. The number of nitrogens with zero attached hydrogens (tertiary/aromatic N) is 4. The van der Waals surface area contributed by atoms with Crippen LogP contribution in [0.4, 0.5) is 21.9 Å². The number of ether oxygens (including phenoxy) is 5. The topological polar surface area (TPSA) is 247 Å². The van der Waals surface area contributed by atoms with Crippen molar-refractivity contribution in [3.63, 3.8) is 0 Å². The third-order valence-electron chi connectivity index (χ3n) is 12.9. The highest BCUT2D eigenvalue weighted by Crippen LogP contribution is 2.43.